The Kier molecular flexibility index (Phi) is 7.12. The Morgan fingerprint density at radius 3 is 2.37 bits per heavy atom. The van der Waals surface area contributed by atoms with Crippen LogP contribution in [-0.2, 0) is 16.4 Å². The molecule has 1 fully saturated rings. The number of nitrogens with one attached hydrogen (secondary N) is 1. The molecular weight excluding hydrogens is 402 g/mol. The van der Waals surface area contributed by atoms with E-state index in [1.54, 1.807) is 26.2 Å². The van der Waals surface area contributed by atoms with Gasteiger partial charge in [-0.15, -0.1) is 0 Å². The van der Waals surface area contributed by atoms with Crippen LogP contribution in [0, 0.1) is 6.92 Å². The first-order valence-corrected chi connectivity index (χ1v) is 11.5. The number of aryl methyl sites for hydroxylation is 1. The van der Waals surface area contributed by atoms with E-state index < -0.39 is 10.0 Å². The Morgan fingerprint density at radius 2 is 1.73 bits per heavy atom. The minimum Gasteiger partial charge on any atom is -0.497 e. The summed E-state index contributed by atoms with van der Waals surface area (Å²) in [6, 6.07) is 12.5. The molecule has 8 heteroatoms. The molecule has 2 aromatic carbocycles. The number of sulfonamides is 1. The highest BCUT2D eigenvalue weighted by atomic mass is 32.2. The van der Waals surface area contributed by atoms with Gasteiger partial charge in [-0.25, -0.2) is 8.42 Å². The Bertz CT molecular complexity index is 982. The number of piperazine rings is 1. The van der Waals surface area contributed by atoms with Crippen LogP contribution in [0.15, 0.2) is 47.4 Å². The van der Waals surface area contributed by atoms with E-state index >= 15 is 0 Å². The normalized spacial score (nSPS) is 15.7. The summed E-state index contributed by atoms with van der Waals surface area (Å²) in [7, 11) is -0.0292. The molecule has 0 saturated carbocycles. The topological polar surface area (TPSA) is 78.9 Å². The molecule has 30 heavy (non-hydrogen) atoms. The fourth-order valence-corrected chi connectivity index (χ4v) is 5.07. The van der Waals surface area contributed by atoms with E-state index in [2.05, 4.69) is 10.2 Å². The van der Waals surface area contributed by atoms with Crippen LogP contribution >= 0.6 is 0 Å². The molecule has 0 spiro atoms. The van der Waals surface area contributed by atoms with Crippen LogP contribution in [-0.4, -0.2) is 70.4 Å². The van der Waals surface area contributed by atoms with Crippen molar-refractivity contribution in [1.29, 1.82) is 0 Å². The Morgan fingerprint density at radius 1 is 1.07 bits per heavy atom. The van der Waals surface area contributed by atoms with Gasteiger partial charge in [0, 0.05) is 38.3 Å². The highest BCUT2D eigenvalue weighted by molar-refractivity contribution is 7.89. The quantitative estimate of drug-likeness (QED) is 0.725. The van der Waals surface area contributed by atoms with Crippen molar-refractivity contribution < 1.29 is 17.9 Å². The number of hydrogen-bond donors (Lipinski definition) is 1. The van der Waals surface area contributed by atoms with Gasteiger partial charge in [0.15, 0.2) is 0 Å². The van der Waals surface area contributed by atoms with Crippen molar-refractivity contribution in [2.75, 3.05) is 46.9 Å². The van der Waals surface area contributed by atoms with Crippen LogP contribution in [0.2, 0.25) is 0 Å². The van der Waals surface area contributed by atoms with E-state index in [-0.39, 0.29) is 10.8 Å². The smallest absolute Gasteiger partial charge is 0.251 e. The molecule has 162 valence electrons. The largest absolute Gasteiger partial charge is 0.497 e. The molecule has 1 aliphatic rings. The first-order valence-electron chi connectivity index (χ1n) is 10.0. The molecule has 3 rings (SSSR count). The minimum absolute atomic E-state index is 0.204. The summed E-state index contributed by atoms with van der Waals surface area (Å²) in [6.45, 7) is 4.52. The third-order valence-electron chi connectivity index (χ3n) is 5.39. The summed E-state index contributed by atoms with van der Waals surface area (Å²) in [6.07, 6.45) is 0.675. The van der Waals surface area contributed by atoms with Crippen LogP contribution in [0.25, 0.3) is 0 Å². The lowest BCUT2D eigenvalue weighted by atomic mass is 10.1. The van der Waals surface area contributed by atoms with Crippen LogP contribution < -0.4 is 10.1 Å². The second-order valence-electron chi connectivity index (χ2n) is 7.54. The first kappa shape index (κ1) is 22.3. The van der Waals surface area contributed by atoms with Crippen molar-refractivity contribution >= 4 is 15.9 Å². The molecule has 2 aromatic rings. The zero-order valence-corrected chi connectivity index (χ0v) is 18.5. The lowest BCUT2D eigenvalue weighted by molar-refractivity contribution is 0.0954. The van der Waals surface area contributed by atoms with Crippen molar-refractivity contribution in [2.45, 2.75) is 18.2 Å². The van der Waals surface area contributed by atoms with Gasteiger partial charge in [0.25, 0.3) is 5.91 Å². The molecular formula is C22H29N3O4S. The number of likely N-dealkylation sites (N-methyl/N-ethyl adjacent to an activating group) is 1. The maximum Gasteiger partial charge on any atom is 0.251 e. The van der Waals surface area contributed by atoms with Crippen molar-refractivity contribution in [3.8, 4) is 5.75 Å². The second-order valence-corrected chi connectivity index (χ2v) is 9.45. The van der Waals surface area contributed by atoms with E-state index in [0.29, 0.717) is 50.3 Å². The van der Waals surface area contributed by atoms with Crippen molar-refractivity contribution in [2.24, 2.45) is 0 Å². The van der Waals surface area contributed by atoms with Gasteiger partial charge < -0.3 is 15.0 Å². The second kappa shape index (κ2) is 9.59. The molecule has 0 aromatic heterocycles. The maximum atomic E-state index is 13.1. The Hall–Kier alpha value is -2.42. The maximum absolute atomic E-state index is 13.1. The molecule has 0 aliphatic carbocycles. The zero-order chi connectivity index (χ0) is 21.7. The molecule has 0 bridgehead atoms. The third kappa shape index (κ3) is 5.19. The van der Waals surface area contributed by atoms with Gasteiger partial charge in [0.1, 0.15) is 5.75 Å². The third-order valence-corrected chi connectivity index (χ3v) is 7.43. The van der Waals surface area contributed by atoms with Gasteiger partial charge in [-0.1, -0.05) is 18.2 Å². The highest BCUT2D eigenvalue weighted by Gasteiger charge is 2.29. The van der Waals surface area contributed by atoms with Gasteiger partial charge >= 0.3 is 0 Å². The first-order chi connectivity index (χ1) is 14.3. The van der Waals surface area contributed by atoms with E-state index in [1.807, 2.05) is 31.3 Å². The van der Waals surface area contributed by atoms with Gasteiger partial charge in [-0.05, 0) is 55.8 Å². The molecule has 1 aliphatic heterocycles. The van der Waals surface area contributed by atoms with E-state index in [1.165, 1.54) is 10.4 Å². The summed E-state index contributed by atoms with van der Waals surface area (Å²) in [4.78, 5) is 14.9. The van der Waals surface area contributed by atoms with Gasteiger partial charge in [0.05, 0.1) is 12.0 Å². The SMILES string of the molecule is COc1ccc(CCNC(=O)c2ccc(C)c(S(=O)(=O)N3CCN(C)CC3)c2)cc1. The van der Waals surface area contributed by atoms with Gasteiger partial charge in [-0.3, -0.25) is 4.79 Å². The van der Waals surface area contributed by atoms with Crippen molar-refractivity contribution in [3.05, 3.63) is 59.2 Å². The molecule has 1 saturated heterocycles. The monoisotopic (exact) mass is 431 g/mol. The van der Waals surface area contributed by atoms with E-state index in [4.69, 9.17) is 4.74 Å². The number of methoxy groups -OCH3 is 1. The Labute approximate surface area is 178 Å². The fourth-order valence-electron chi connectivity index (χ4n) is 3.40. The molecule has 0 atom stereocenters. The van der Waals surface area contributed by atoms with Crippen LogP contribution in [0.5, 0.6) is 5.75 Å². The van der Waals surface area contributed by atoms with Crippen molar-refractivity contribution in [1.82, 2.24) is 14.5 Å². The number of ether oxygens (including phenoxy) is 1. The summed E-state index contributed by atoms with van der Waals surface area (Å²) in [5, 5.41) is 2.87. The summed E-state index contributed by atoms with van der Waals surface area (Å²) in [5.41, 5.74) is 2.07. The lowest BCUT2D eigenvalue weighted by Crippen LogP contribution is -2.47. The average Bonchev–Trinajstić information content (AvgIpc) is 2.74. The molecule has 0 radical (unpaired) electrons. The van der Waals surface area contributed by atoms with Crippen LogP contribution in [0.1, 0.15) is 21.5 Å². The standard InChI is InChI=1S/C22H29N3O4S/c1-17-4-7-19(16-21(17)30(27,28)25-14-12-24(2)13-15-25)22(26)23-11-10-18-5-8-20(29-3)9-6-18/h4-9,16H,10-15H2,1-3H3,(H,23,26). The Balaban J connectivity index is 1.66. The number of rotatable bonds is 7. The molecule has 0 unspecified atom stereocenters. The highest BCUT2D eigenvalue weighted by Crippen LogP contribution is 2.22. The van der Waals surface area contributed by atoms with Crippen LogP contribution in [0.4, 0.5) is 0 Å². The average molecular weight is 432 g/mol. The zero-order valence-electron chi connectivity index (χ0n) is 17.7. The molecule has 7 nitrogen and oxygen atoms in total. The number of amides is 1. The predicted molar refractivity (Wildman–Crippen MR) is 116 cm³/mol. The van der Waals surface area contributed by atoms with Crippen molar-refractivity contribution in [3.63, 3.8) is 0 Å². The molecule has 1 heterocycles. The summed E-state index contributed by atoms with van der Waals surface area (Å²) < 4.78 is 32.9. The minimum atomic E-state index is -3.63. The summed E-state index contributed by atoms with van der Waals surface area (Å²) in [5.74, 6) is 0.509. The number of hydrogen-bond acceptors (Lipinski definition) is 5. The van der Waals surface area contributed by atoms with Crippen LogP contribution in [0.3, 0.4) is 0 Å². The lowest BCUT2D eigenvalue weighted by Gasteiger charge is -2.32. The fraction of sp³-hybridized carbons (Fsp3) is 0.409. The molecule has 1 amide bonds. The van der Waals surface area contributed by atoms with Gasteiger partial charge in [-0.2, -0.15) is 4.31 Å². The number of benzene rings is 2. The number of carbonyl (C=O) groups excluding carboxylic acids is 1. The predicted octanol–water partition coefficient (Wildman–Crippen LogP) is 1.91. The summed E-state index contributed by atoms with van der Waals surface area (Å²) >= 11 is 0. The number of nitrogens with zero attached hydrogens (tertiary/aromatic N) is 2. The number of carbonyl (C=O) groups is 1. The van der Waals surface area contributed by atoms with E-state index in [9.17, 15) is 13.2 Å². The molecule has 1 N–H and O–H groups in total. The van der Waals surface area contributed by atoms with E-state index in [0.717, 1.165) is 11.3 Å². The van der Waals surface area contributed by atoms with Gasteiger partial charge in [0.2, 0.25) is 10.0 Å².